The first-order valence-corrected chi connectivity index (χ1v) is 7.05. The summed E-state index contributed by atoms with van der Waals surface area (Å²) in [6.07, 6.45) is 2.53. The molecule has 2 N–H and O–H groups in total. The van der Waals surface area contributed by atoms with Crippen molar-refractivity contribution in [3.8, 4) is 0 Å². The number of carbonyl (C=O) groups is 1. The maximum Gasteiger partial charge on any atom is 0.282 e. The zero-order chi connectivity index (χ0) is 13.0. The number of anilines is 1. The minimum Gasteiger partial charge on any atom is -0.363 e. The molecule has 1 amide bonds. The fourth-order valence-corrected chi connectivity index (χ4v) is 2.70. The van der Waals surface area contributed by atoms with Gasteiger partial charge in [-0.05, 0) is 32.9 Å². The lowest BCUT2D eigenvalue weighted by atomic mass is 10.3. The van der Waals surface area contributed by atoms with Crippen LogP contribution in [-0.4, -0.2) is 53.7 Å². The third-order valence-corrected chi connectivity index (χ3v) is 3.88. The number of carbonyl (C=O) groups excluding carboxylic acids is 1. The van der Waals surface area contributed by atoms with Crippen LogP contribution in [0.4, 0.5) is 5.13 Å². The molecule has 1 aromatic rings. The van der Waals surface area contributed by atoms with Gasteiger partial charge in [-0.15, -0.1) is 10.2 Å². The van der Waals surface area contributed by atoms with E-state index in [-0.39, 0.29) is 11.9 Å². The van der Waals surface area contributed by atoms with Crippen molar-refractivity contribution < 1.29 is 4.79 Å². The quantitative estimate of drug-likeness (QED) is 0.827. The van der Waals surface area contributed by atoms with Crippen LogP contribution in [0.3, 0.4) is 0 Å². The van der Waals surface area contributed by atoms with Gasteiger partial charge < -0.3 is 15.5 Å². The molecule has 0 bridgehead atoms. The topological polar surface area (TPSA) is 70.1 Å². The highest BCUT2D eigenvalue weighted by Gasteiger charge is 2.18. The molecule has 6 nitrogen and oxygen atoms in total. The second kappa shape index (κ2) is 6.10. The maximum absolute atomic E-state index is 11.9. The summed E-state index contributed by atoms with van der Waals surface area (Å²) >= 11 is 1.27. The van der Waals surface area contributed by atoms with E-state index in [1.807, 2.05) is 6.92 Å². The summed E-state index contributed by atoms with van der Waals surface area (Å²) in [5, 5.41) is 14.6. The van der Waals surface area contributed by atoms with Crippen LogP contribution in [0.5, 0.6) is 0 Å². The lowest BCUT2D eigenvalue weighted by Gasteiger charge is -2.20. The normalized spacial score (nSPS) is 17.7. The molecule has 0 aliphatic carbocycles. The van der Waals surface area contributed by atoms with E-state index in [4.69, 9.17) is 0 Å². The molecule has 2 rings (SSSR count). The van der Waals surface area contributed by atoms with Crippen LogP contribution in [0, 0.1) is 0 Å². The van der Waals surface area contributed by atoms with Gasteiger partial charge in [-0.1, -0.05) is 11.3 Å². The molecule has 1 atom stereocenters. The first kappa shape index (κ1) is 13.2. The molecule has 0 saturated carbocycles. The molecule has 0 spiro atoms. The minimum absolute atomic E-state index is 0.137. The summed E-state index contributed by atoms with van der Waals surface area (Å²) in [6, 6.07) is 0.137. The predicted molar refractivity (Wildman–Crippen MR) is 72.1 cm³/mol. The van der Waals surface area contributed by atoms with Gasteiger partial charge in [0.2, 0.25) is 10.1 Å². The molecule has 7 heteroatoms. The Kier molecular flexibility index (Phi) is 4.48. The first-order valence-electron chi connectivity index (χ1n) is 6.23. The number of nitrogens with zero attached hydrogens (tertiary/aromatic N) is 3. The Morgan fingerprint density at radius 2 is 2.17 bits per heavy atom. The standard InChI is InChI=1S/C11H19N5OS/c1-8(7-16-5-3-4-6-16)13-9(17)10-14-15-11(12-2)18-10/h8H,3-7H2,1-2H3,(H,12,15)(H,13,17). The number of likely N-dealkylation sites (tertiary alicyclic amines) is 1. The molecule has 18 heavy (non-hydrogen) atoms. The van der Waals surface area contributed by atoms with Crippen LogP contribution >= 0.6 is 11.3 Å². The van der Waals surface area contributed by atoms with E-state index in [0.717, 1.165) is 19.6 Å². The zero-order valence-electron chi connectivity index (χ0n) is 10.8. The summed E-state index contributed by atoms with van der Waals surface area (Å²) < 4.78 is 0. The van der Waals surface area contributed by atoms with Crippen LogP contribution < -0.4 is 10.6 Å². The largest absolute Gasteiger partial charge is 0.363 e. The minimum atomic E-state index is -0.138. The molecule has 1 aliphatic heterocycles. The predicted octanol–water partition coefficient (Wildman–Crippen LogP) is 0.794. The van der Waals surface area contributed by atoms with Gasteiger partial charge in [-0.2, -0.15) is 0 Å². The molecule has 0 radical (unpaired) electrons. The Hall–Kier alpha value is -1.21. The van der Waals surface area contributed by atoms with E-state index in [9.17, 15) is 4.79 Å². The summed E-state index contributed by atoms with van der Waals surface area (Å²) in [5.74, 6) is -0.138. The molecule has 100 valence electrons. The molecule has 1 fully saturated rings. The number of amides is 1. The molecule has 1 unspecified atom stereocenters. The highest BCUT2D eigenvalue weighted by Crippen LogP contribution is 2.14. The Morgan fingerprint density at radius 1 is 1.44 bits per heavy atom. The average molecular weight is 269 g/mol. The third kappa shape index (κ3) is 3.39. The van der Waals surface area contributed by atoms with Crippen molar-refractivity contribution in [2.45, 2.75) is 25.8 Å². The monoisotopic (exact) mass is 269 g/mol. The van der Waals surface area contributed by atoms with Crippen LogP contribution in [0.25, 0.3) is 0 Å². The SMILES string of the molecule is CNc1nnc(C(=O)NC(C)CN2CCCC2)s1. The number of rotatable bonds is 5. The van der Waals surface area contributed by atoms with Crippen molar-refractivity contribution in [3.05, 3.63) is 5.01 Å². The van der Waals surface area contributed by atoms with Crippen LogP contribution in [-0.2, 0) is 0 Å². The van der Waals surface area contributed by atoms with Gasteiger partial charge in [-0.3, -0.25) is 4.79 Å². The van der Waals surface area contributed by atoms with Crippen molar-refractivity contribution in [1.82, 2.24) is 20.4 Å². The highest BCUT2D eigenvalue weighted by atomic mass is 32.1. The second-order valence-corrected chi connectivity index (χ2v) is 5.52. The van der Waals surface area contributed by atoms with Gasteiger partial charge in [0.25, 0.3) is 5.91 Å². The fourth-order valence-electron chi connectivity index (χ4n) is 2.10. The van der Waals surface area contributed by atoms with Crippen LogP contribution in [0.1, 0.15) is 29.6 Å². The van der Waals surface area contributed by atoms with Gasteiger partial charge in [0, 0.05) is 19.6 Å². The van der Waals surface area contributed by atoms with Crippen molar-refractivity contribution in [2.75, 3.05) is 32.0 Å². The van der Waals surface area contributed by atoms with E-state index >= 15 is 0 Å². The Bertz CT molecular complexity index is 402. The Balaban J connectivity index is 1.82. The molecular formula is C11H19N5OS. The lowest BCUT2D eigenvalue weighted by molar-refractivity contribution is 0.0931. The van der Waals surface area contributed by atoms with E-state index in [0.29, 0.717) is 10.1 Å². The van der Waals surface area contributed by atoms with Crippen LogP contribution in [0.15, 0.2) is 0 Å². The van der Waals surface area contributed by atoms with Gasteiger partial charge in [0.15, 0.2) is 0 Å². The molecule has 1 saturated heterocycles. The maximum atomic E-state index is 11.9. The van der Waals surface area contributed by atoms with Gasteiger partial charge in [-0.25, -0.2) is 0 Å². The van der Waals surface area contributed by atoms with E-state index in [1.165, 1.54) is 24.2 Å². The van der Waals surface area contributed by atoms with Crippen molar-refractivity contribution in [2.24, 2.45) is 0 Å². The number of nitrogens with one attached hydrogen (secondary N) is 2. The summed E-state index contributed by atoms with van der Waals surface area (Å²) in [5.41, 5.74) is 0. The third-order valence-electron chi connectivity index (χ3n) is 2.94. The van der Waals surface area contributed by atoms with Gasteiger partial charge in [0.05, 0.1) is 0 Å². The van der Waals surface area contributed by atoms with Crippen molar-refractivity contribution in [3.63, 3.8) is 0 Å². The number of aromatic nitrogens is 2. The smallest absolute Gasteiger partial charge is 0.282 e. The lowest BCUT2D eigenvalue weighted by Crippen LogP contribution is -2.41. The highest BCUT2D eigenvalue weighted by molar-refractivity contribution is 7.17. The molecule has 0 aromatic carbocycles. The molecular weight excluding hydrogens is 250 g/mol. The summed E-state index contributed by atoms with van der Waals surface area (Å²) in [4.78, 5) is 14.3. The molecule has 2 heterocycles. The molecule has 1 aromatic heterocycles. The van der Waals surface area contributed by atoms with Crippen LogP contribution in [0.2, 0.25) is 0 Å². The number of hydrogen-bond acceptors (Lipinski definition) is 6. The molecule has 1 aliphatic rings. The average Bonchev–Trinajstić information content (AvgIpc) is 2.98. The van der Waals surface area contributed by atoms with E-state index < -0.39 is 0 Å². The Labute approximate surface area is 111 Å². The van der Waals surface area contributed by atoms with E-state index in [2.05, 4.69) is 25.7 Å². The fraction of sp³-hybridized carbons (Fsp3) is 0.727. The summed E-state index contributed by atoms with van der Waals surface area (Å²) in [7, 11) is 1.76. The van der Waals surface area contributed by atoms with Crippen molar-refractivity contribution >= 4 is 22.4 Å². The van der Waals surface area contributed by atoms with Gasteiger partial charge in [0.1, 0.15) is 0 Å². The first-order chi connectivity index (χ1) is 8.69. The summed E-state index contributed by atoms with van der Waals surface area (Å²) in [6.45, 7) is 5.21. The zero-order valence-corrected chi connectivity index (χ0v) is 11.6. The second-order valence-electron chi connectivity index (χ2n) is 4.54. The van der Waals surface area contributed by atoms with Crippen molar-refractivity contribution in [1.29, 1.82) is 0 Å². The Morgan fingerprint density at radius 3 is 2.78 bits per heavy atom. The van der Waals surface area contributed by atoms with Gasteiger partial charge >= 0.3 is 0 Å². The number of hydrogen-bond donors (Lipinski definition) is 2. The van der Waals surface area contributed by atoms with E-state index in [1.54, 1.807) is 7.05 Å².